The fourth-order valence-electron chi connectivity index (χ4n) is 0.805. The van der Waals surface area contributed by atoms with Crippen LogP contribution in [-0.2, 0) is 9.53 Å². The highest BCUT2D eigenvalue weighted by Crippen LogP contribution is 2.17. The monoisotopic (exact) mass is 213 g/mol. The van der Waals surface area contributed by atoms with Gasteiger partial charge in [0.15, 0.2) is 0 Å². The maximum absolute atomic E-state index is 12.6. The molecule has 0 bridgehead atoms. The Morgan fingerprint density at radius 3 is 3.00 bits per heavy atom. The topological polar surface area (TPSA) is 26.3 Å². The normalized spacial score (nSPS) is 10.5. The van der Waals surface area contributed by atoms with Crippen molar-refractivity contribution in [1.82, 2.24) is 0 Å². The van der Waals surface area contributed by atoms with E-state index in [0.717, 1.165) is 6.07 Å². The summed E-state index contributed by atoms with van der Waals surface area (Å²) in [5.74, 6) is -1.03. The average molecular weight is 214 g/mol. The molecule has 1 radical (unpaired) electrons. The summed E-state index contributed by atoms with van der Waals surface area (Å²) in [6.45, 7) is 0. The number of hydrogen-bond donors (Lipinski definition) is 0. The van der Waals surface area contributed by atoms with E-state index < -0.39 is 11.8 Å². The van der Waals surface area contributed by atoms with Crippen LogP contribution >= 0.6 is 11.6 Å². The number of benzene rings is 1. The molecule has 0 saturated heterocycles. The third kappa shape index (κ3) is 2.85. The smallest absolute Gasteiger partial charge is 0.330 e. The van der Waals surface area contributed by atoms with Gasteiger partial charge in [0.2, 0.25) is 0 Å². The zero-order chi connectivity index (χ0) is 10.6. The Bertz CT molecular complexity index is 374. The summed E-state index contributed by atoms with van der Waals surface area (Å²) in [7, 11) is 1.27. The summed E-state index contributed by atoms with van der Waals surface area (Å²) in [4.78, 5) is 10.7. The van der Waals surface area contributed by atoms with Crippen LogP contribution in [0.4, 0.5) is 4.39 Å². The second-order valence-corrected chi connectivity index (χ2v) is 2.85. The first-order chi connectivity index (χ1) is 6.63. The van der Waals surface area contributed by atoms with Gasteiger partial charge in [-0.15, -0.1) is 0 Å². The van der Waals surface area contributed by atoms with Crippen molar-refractivity contribution in [3.8, 4) is 0 Å². The number of ether oxygens (including phenoxy) is 1. The van der Waals surface area contributed by atoms with Gasteiger partial charge in [-0.2, -0.15) is 0 Å². The highest BCUT2D eigenvalue weighted by atomic mass is 35.5. The molecule has 14 heavy (non-hydrogen) atoms. The molecule has 1 aromatic carbocycles. The van der Waals surface area contributed by atoms with Crippen molar-refractivity contribution in [2.45, 2.75) is 0 Å². The maximum Gasteiger partial charge on any atom is 0.330 e. The first-order valence-corrected chi connectivity index (χ1v) is 4.14. The van der Waals surface area contributed by atoms with Crippen LogP contribution in [0.2, 0.25) is 5.02 Å². The summed E-state index contributed by atoms with van der Waals surface area (Å²) in [5.41, 5.74) is 0.512. The van der Waals surface area contributed by atoms with Crippen LogP contribution in [0.15, 0.2) is 18.2 Å². The molecule has 0 N–H and O–H groups in total. The lowest BCUT2D eigenvalue weighted by atomic mass is 10.2. The van der Waals surface area contributed by atoms with Gasteiger partial charge < -0.3 is 4.74 Å². The Morgan fingerprint density at radius 2 is 2.43 bits per heavy atom. The highest BCUT2D eigenvalue weighted by Gasteiger charge is 1.99. The van der Waals surface area contributed by atoms with Crippen molar-refractivity contribution in [3.05, 3.63) is 40.7 Å². The quantitative estimate of drug-likeness (QED) is 0.557. The summed E-state index contributed by atoms with van der Waals surface area (Å²) in [5, 5.41) is 0.224. The number of esters is 1. The summed E-state index contributed by atoms with van der Waals surface area (Å²) >= 11 is 5.69. The molecule has 0 unspecified atom stereocenters. The fraction of sp³-hybridized carbons (Fsp3) is 0.100. The minimum absolute atomic E-state index is 0.224. The number of carbonyl (C=O) groups is 1. The van der Waals surface area contributed by atoms with Gasteiger partial charge in [-0.3, -0.25) is 0 Å². The number of methoxy groups -OCH3 is 1. The summed E-state index contributed by atoms with van der Waals surface area (Å²) in [6.07, 6.45) is 2.64. The standard InChI is InChI=1S/C10H7ClFO2/c1-14-10(13)5-3-7-2-4-8(12)6-9(7)11/h2-3,5-6H,1H3/b5-3+. The van der Waals surface area contributed by atoms with Crippen LogP contribution in [0.1, 0.15) is 5.56 Å². The minimum Gasteiger partial charge on any atom is -0.466 e. The van der Waals surface area contributed by atoms with E-state index in [1.807, 2.05) is 0 Å². The van der Waals surface area contributed by atoms with Crippen molar-refractivity contribution in [1.29, 1.82) is 0 Å². The molecule has 0 fully saturated rings. The van der Waals surface area contributed by atoms with Gasteiger partial charge in [0, 0.05) is 12.1 Å². The van der Waals surface area contributed by atoms with Gasteiger partial charge in [0.1, 0.15) is 5.82 Å². The first kappa shape index (κ1) is 10.7. The average Bonchev–Trinajstić information content (AvgIpc) is 2.16. The number of halogens is 2. The largest absolute Gasteiger partial charge is 0.466 e. The minimum atomic E-state index is -0.537. The van der Waals surface area contributed by atoms with E-state index in [1.165, 1.54) is 25.3 Å². The predicted octanol–water partition coefficient (Wildman–Crippen LogP) is 2.47. The molecule has 1 aromatic rings. The molecule has 0 aliphatic carbocycles. The van der Waals surface area contributed by atoms with Crippen LogP contribution in [0, 0.1) is 11.9 Å². The first-order valence-electron chi connectivity index (χ1n) is 3.76. The van der Waals surface area contributed by atoms with Crippen LogP contribution in [0.3, 0.4) is 0 Å². The van der Waals surface area contributed by atoms with Crippen molar-refractivity contribution in [2.75, 3.05) is 7.11 Å². The Hall–Kier alpha value is -1.35. The molecule has 0 aliphatic heterocycles. The van der Waals surface area contributed by atoms with Gasteiger partial charge in [-0.1, -0.05) is 11.6 Å². The van der Waals surface area contributed by atoms with E-state index in [0.29, 0.717) is 5.56 Å². The van der Waals surface area contributed by atoms with E-state index in [4.69, 9.17) is 11.6 Å². The molecule has 73 valence electrons. The molecule has 0 heterocycles. The lowest BCUT2D eigenvalue weighted by molar-refractivity contribution is -0.134. The molecule has 0 saturated carbocycles. The zero-order valence-corrected chi connectivity index (χ0v) is 8.14. The third-order valence-corrected chi connectivity index (χ3v) is 1.82. The molecule has 0 atom stereocenters. The van der Waals surface area contributed by atoms with Crippen molar-refractivity contribution in [2.24, 2.45) is 0 Å². The molecule has 2 nitrogen and oxygen atoms in total. The summed E-state index contributed by atoms with van der Waals surface area (Å²) < 4.78 is 16.9. The highest BCUT2D eigenvalue weighted by molar-refractivity contribution is 6.32. The second kappa shape index (κ2) is 4.77. The van der Waals surface area contributed by atoms with Crippen molar-refractivity contribution >= 4 is 23.6 Å². The van der Waals surface area contributed by atoms with Crippen LogP contribution in [0.5, 0.6) is 0 Å². The van der Waals surface area contributed by atoms with Gasteiger partial charge in [0.05, 0.1) is 12.1 Å². The number of rotatable bonds is 2. The molecule has 0 aromatic heterocycles. The molecule has 0 aliphatic rings. The van der Waals surface area contributed by atoms with Gasteiger partial charge in [-0.05, 0) is 23.8 Å². The molecular weight excluding hydrogens is 207 g/mol. The number of hydrogen-bond acceptors (Lipinski definition) is 2. The Morgan fingerprint density at radius 1 is 1.71 bits per heavy atom. The molecular formula is C10H7ClFO2. The Balaban J connectivity index is 2.87. The lowest BCUT2D eigenvalue weighted by Crippen LogP contribution is -1.93. The van der Waals surface area contributed by atoms with Crippen molar-refractivity contribution < 1.29 is 13.9 Å². The van der Waals surface area contributed by atoms with E-state index in [-0.39, 0.29) is 5.02 Å². The fourth-order valence-corrected chi connectivity index (χ4v) is 1.02. The van der Waals surface area contributed by atoms with Crippen LogP contribution < -0.4 is 0 Å². The molecule has 0 amide bonds. The second-order valence-electron chi connectivity index (χ2n) is 2.44. The van der Waals surface area contributed by atoms with Gasteiger partial charge >= 0.3 is 5.97 Å². The summed E-state index contributed by atoms with van der Waals surface area (Å²) in [6, 6.07) is 4.81. The van der Waals surface area contributed by atoms with Gasteiger partial charge in [-0.25, -0.2) is 9.18 Å². The maximum atomic E-state index is 12.6. The lowest BCUT2D eigenvalue weighted by Gasteiger charge is -1.96. The Labute approximate surface area is 85.9 Å². The van der Waals surface area contributed by atoms with E-state index in [1.54, 1.807) is 0 Å². The van der Waals surface area contributed by atoms with E-state index >= 15 is 0 Å². The predicted molar refractivity (Wildman–Crippen MR) is 51.3 cm³/mol. The van der Waals surface area contributed by atoms with Crippen LogP contribution in [0.25, 0.3) is 6.08 Å². The van der Waals surface area contributed by atoms with Crippen LogP contribution in [-0.4, -0.2) is 13.1 Å². The van der Waals surface area contributed by atoms with Gasteiger partial charge in [0.25, 0.3) is 0 Å². The van der Waals surface area contributed by atoms with Crippen molar-refractivity contribution in [3.63, 3.8) is 0 Å². The third-order valence-electron chi connectivity index (χ3n) is 1.49. The zero-order valence-electron chi connectivity index (χ0n) is 7.38. The van der Waals surface area contributed by atoms with E-state index in [2.05, 4.69) is 10.8 Å². The van der Waals surface area contributed by atoms with E-state index in [9.17, 15) is 9.18 Å². The Kier molecular flexibility index (Phi) is 3.65. The molecule has 4 heteroatoms. The SMILES string of the molecule is COC(=O)/C=C/c1c[c]c(F)cc1Cl. The molecule has 0 spiro atoms. The molecule has 1 rings (SSSR count). The number of carbonyl (C=O) groups excluding carboxylic acids is 1.